The van der Waals surface area contributed by atoms with E-state index in [0.717, 1.165) is 29.3 Å². The van der Waals surface area contributed by atoms with Crippen LogP contribution in [-0.4, -0.2) is 39.0 Å². The molecule has 4 aromatic rings. The lowest BCUT2D eigenvalue weighted by Crippen LogP contribution is -2.38. The van der Waals surface area contributed by atoms with Crippen molar-refractivity contribution in [2.24, 2.45) is 0 Å². The van der Waals surface area contributed by atoms with Gasteiger partial charge in [-0.3, -0.25) is 4.79 Å². The van der Waals surface area contributed by atoms with Crippen molar-refractivity contribution in [3.63, 3.8) is 0 Å². The molecule has 0 spiro atoms. The van der Waals surface area contributed by atoms with Crippen LogP contribution in [0.25, 0.3) is 22.3 Å². The lowest BCUT2D eigenvalue weighted by atomic mass is 9.96. The molecule has 2 aromatic carbocycles. The molecular weight excluding hydrogens is 364 g/mol. The number of carbonyl (C=O) groups is 1. The number of hydrogen-bond acceptors (Lipinski definition) is 4. The molecule has 0 radical (unpaired) electrons. The number of H-pyrrole nitrogens is 1. The van der Waals surface area contributed by atoms with Gasteiger partial charge in [-0.15, -0.1) is 0 Å². The molecule has 1 N–H and O–H groups in total. The maximum absolute atomic E-state index is 12.9. The van der Waals surface area contributed by atoms with Crippen molar-refractivity contribution < 1.29 is 9.32 Å². The Balaban J connectivity index is 1.25. The zero-order valence-electron chi connectivity index (χ0n) is 16.3. The third kappa shape index (κ3) is 3.42. The third-order valence-electron chi connectivity index (χ3n) is 5.64. The quantitative estimate of drug-likeness (QED) is 0.561. The number of carbonyl (C=O) groups excluding carboxylic acids is 1. The number of nitrogens with one attached hydrogen (secondary N) is 1. The summed E-state index contributed by atoms with van der Waals surface area (Å²) in [6.45, 7) is 3.42. The van der Waals surface area contributed by atoms with E-state index in [1.54, 1.807) is 0 Å². The van der Waals surface area contributed by atoms with Crippen molar-refractivity contribution in [2.45, 2.75) is 25.7 Å². The molecule has 2 aromatic heterocycles. The van der Waals surface area contributed by atoms with E-state index in [1.165, 1.54) is 5.56 Å². The van der Waals surface area contributed by atoms with Crippen molar-refractivity contribution in [1.82, 2.24) is 20.0 Å². The van der Waals surface area contributed by atoms with Gasteiger partial charge in [0.2, 0.25) is 11.7 Å². The Hall–Kier alpha value is -3.41. The summed E-state index contributed by atoms with van der Waals surface area (Å²) < 4.78 is 5.54. The van der Waals surface area contributed by atoms with Gasteiger partial charge >= 0.3 is 0 Å². The van der Waals surface area contributed by atoms with Gasteiger partial charge in [-0.1, -0.05) is 53.2 Å². The fourth-order valence-corrected chi connectivity index (χ4v) is 3.91. The molecule has 1 amide bonds. The number of para-hydroxylation sites is 1. The van der Waals surface area contributed by atoms with Crippen LogP contribution in [0.3, 0.4) is 0 Å². The molecule has 29 heavy (non-hydrogen) atoms. The van der Waals surface area contributed by atoms with E-state index in [-0.39, 0.29) is 11.8 Å². The highest BCUT2D eigenvalue weighted by atomic mass is 16.5. The molecule has 1 fully saturated rings. The monoisotopic (exact) mass is 386 g/mol. The highest BCUT2D eigenvalue weighted by molar-refractivity contribution is 5.98. The second-order valence-electron chi connectivity index (χ2n) is 7.66. The maximum atomic E-state index is 12.9. The summed E-state index contributed by atoms with van der Waals surface area (Å²) in [6.07, 6.45) is 1.64. The Kier molecular flexibility index (Phi) is 4.39. The number of aryl methyl sites for hydroxylation is 1. The molecular formula is C23H22N4O2. The van der Waals surface area contributed by atoms with E-state index < -0.39 is 0 Å². The molecule has 5 rings (SSSR count). The number of aromatic amines is 1. The Morgan fingerprint density at radius 3 is 2.62 bits per heavy atom. The predicted molar refractivity (Wildman–Crippen MR) is 111 cm³/mol. The number of piperidine rings is 1. The van der Waals surface area contributed by atoms with E-state index in [2.05, 4.69) is 22.0 Å². The SMILES string of the molecule is Cc1ccc(-c2noc(C3CCN(C(=O)c4cc5ccccc5[nH]4)CC3)n2)cc1. The van der Waals surface area contributed by atoms with Crippen LogP contribution in [-0.2, 0) is 0 Å². The number of hydrogen-bond donors (Lipinski definition) is 1. The van der Waals surface area contributed by atoms with Crippen LogP contribution in [0.15, 0.2) is 59.1 Å². The lowest BCUT2D eigenvalue weighted by molar-refractivity contribution is 0.0699. The number of amides is 1. The van der Waals surface area contributed by atoms with Crippen LogP contribution in [0.4, 0.5) is 0 Å². The van der Waals surface area contributed by atoms with E-state index in [9.17, 15) is 4.79 Å². The minimum atomic E-state index is 0.0468. The van der Waals surface area contributed by atoms with Crippen molar-refractivity contribution in [3.8, 4) is 11.4 Å². The van der Waals surface area contributed by atoms with Gasteiger partial charge in [-0.05, 0) is 31.9 Å². The summed E-state index contributed by atoms with van der Waals surface area (Å²) in [7, 11) is 0. The van der Waals surface area contributed by atoms with Crippen molar-refractivity contribution >= 4 is 16.8 Å². The average Bonchev–Trinajstić information content (AvgIpc) is 3.41. The van der Waals surface area contributed by atoms with Gasteiger partial charge in [0.05, 0.1) is 0 Å². The molecule has 0 aliphatic carbocycles. The van der Waals surface area contributed by atoms with E-state index >= 15 is 0 Å². The summed E-state index contributed by atoms with van der Waals surface area (Å²) in [4.78, 5) is 22.6. The Bertz CT molecular complexity index is 1120. The van der Waals surface area contributed by atoms with Crippen molar-refractivity contribution in [2.75, 3.05) is 13.1 Å². The molecule has 6 nitrogen and oxygen atoms in total. The smallest absolute Gasteiger partial charge is 0.270 e. The second-order valence-corrected chi connectivity index (χ2v) is 7.66. The molecule has 6 heteroatoms. The highest BCUT2D eigenvalue weighted by Gasteiger charge is 2.28. The standard InChI is InChI=1S/C23H22N4O2/c1-15-6-8-16(9-7-15)21-25-22(29-26-21)17-10-12-27(13-11-17)23(28)20-14-18-4-2-3-5-19(18)24-20/h2-9,14,17,24H,10-13H2,1H3. The molecule has 1 aliphatic heterocycles. The van der Waals surface area contributed by atoms with Crippen LogP contribution < -0.4 is 0 Å². The summed E-state index contributed by atoms with van der Waals surface area (Å²) in [5.74, 6) is 1.52. The summed E-state index contributed by atoms with van der Waals surface area (Å²) in [5.41, 5.74) is 3.78. The number of likely N-dealkylation sites (tertiary alicyclic amines) is 1. The molecule has 1 saturated heterocycles. The molecule has 1 aliphatic rings. The normalized spacial score (nSPS) is 15.1. The number of aromatic nitrogens is 3. The zero-order chi connectivity index (χ0) is 19.8. The van der Waals surface area contributed by atoms with Crippen molar-refractivity contribution in [3.05, 3.63) is 71.7 Å². The van der Waals surface area contributed by atoms with Gasteiger partial charge in [0.15, 0.2) is 0 Å². The number of benzene rings is 2. The molecule has 146 valence electrons. The molecule has 0 saturated carbocycles. The van der Waals surface area contributed by atoms with Crippen LogP contribution in [0.1, 0.15) is 40.7 Å². The Morgan fingerprint density at radius 1 is 1.10 bits per heavy atom. The number of rotatable bonds is 3. The van der Waals surface area contributed by atoms with Crippen LogP contribution in [0.5, 0.6) is 0 Å². The Morgan fingerprint density at radius 2 is 1.86 bits per heavy atom. The fourth-order valence-electron chi connectivity index (χ4n) is 3.91. The first kappa shape index (κ1) is 17.7. The van der Waals surface area contributed by atoms with Crippen LogP contribution in [0, 0.1) is 6.92 Å². The summed E-state index contributed by atoms with van der Waals surface area (Å²) in [5, 5.41) is 5.20. The zero-order valence-corrected chi connectivity index (χ0v) is 16.3. The molecule has 0 atom stereocenters. The highest BCUT2D eigenvalue weighted by Crippen LogP contribution is 2.29. The van der Waals surface area contributed by atoms with Gasteiger partial charge in [0, 0.05) is 35.5 Å². The number of fused-ring (bicyclic) bond motifs is 1. The first-order chi connectivity index (χ1) is 14.2. The summed E-state index contributed by atoms with van der Waals surface area (Å²) in [6, 6.07) is 18.0. The fraction of sp³-hybridized carbons (Fsp3) is 0.261. The Labute approximate surface area is 168 Å². The molecule has 3 heterocycles. The van der Waals surface area contributed by atoms with Gasteiger partial charge in [-0.25, -0.2) is 0 Å². The largest absolute Gasteiger partial charge is 0.351 e. The topological polar surface area (TPSA) is 75.0 Å². The molecule has 0 bridgehead atoms. The number of nitrogens with zero attached hydrogens (tertiary/aromatic N) is 3. The maximum Gasteiger partial charge on any atom is 0.270 e. The van der Waals surface area contributed by atoms with Gasteiger partial charge in [0.25, 0.3) is 5.91 Å². The first-order valence-corrected chi connectivity index (χ1v) is 9.95. The van der Waals surface area contributed by atoms with Gasteiger partial charge in [-0.2, -0.15) is 4.98 Å². The first-order valence-electron chi connectivity index (χ1n) is 9.95. The van der Waals surface area contributed by atoms with Crippen LogP contribution >= 0.6 is 0 Å². The minimum Gasteiger partial charge on any atom is -0.351 e. The van der Waals surface area contributed by atoms with E-state index in [0.29, 0.717) is 30.5 Å². The summed E-state index contributed by atoms with van der Waals surface area (Å²) >= 11 is 0. The minimum absolute atomic E-state index is 0.0468. The van der Waals surface area contributed by atoms with E-state index in [1.807, 2.05) is 59.5 Å². The van der Waals surface area contributed by atoms with Crippen molar-refractivity contribution in [1.29, 1.82) is 0 Å². The van der Waals surface area contributed by atoms with Gasteiger partial charge in [0.1, 0.15) is 5.69 Å². The predicted octanol–water partition coefficient (Wildman–Crippen LogP) is 4.55. The third-order valence-corrected chi connectivity index (χ3v) is 5.64. The lowest BCUT2D eigenvalue weighted by Gasteiger charge is -2.30. The molecule has 0 unspecified atom stereocenters. The van der Waals surface area contributed by atoms with E-state index in [4.69, 9.17) is 4.52 Å². The van der Waals surface area contributed by atoms with Crippen LogP contribution in [0.2, 0.25) is 0 Å². The average molecular weight is 386 g/mol. The van der Waals surface area contributed by atoms with Gasteiger partial charge < -0.3 is 14.4 Å². The second kappa shape index (κ2) is 7.20.